The van der Waals surface area contributed by atoms with E-state index in [-0.39, 0.29) is 21.5 Å². The number of sulfone groups is 1. The Kier molecular flexibility index (Phi) is 4.03. The summed E-state index contributed by atoms with van der Waals surface area (Å²) in [5.41, 5.74) is -0.0593. The third-order valence-electron chi connectivity index (χ3n) is 3.80. The highest BCUT2D eigenvalue weighted by atomic mass is 79.9. The summed E-state index contributed by atoms with van der Waals surface area (Å²) >= 11 is 3.08. The van der Waals surface area contributed by atoms with Gasteiger partial charge in [-0.2, -0.15) is 5.06 Å². The van der Waals surface area contributed by atoms with Crippen molar-refractivity contribution in [3.8, 4) is 0 Å². The number of hydrogen-bond acceptors (Lipinski definition) is 6. The van der Waals surface area contributed by atoms with Crippen molar-refractivity contribution < 1.29 is 22.2 Å². The monoisotopic (exact) mass is 406 g/mol. The molecule has 1 aliphatic heterocycles. The van der Waals surface area contributed by atoms with Gasteiger partial charge in [-0.25, -0.2) is 12.8 Å². The quantitative estimate of drug-likeness (QED) is 0.779. The van der Waals surface area contributed by atoms with E-state index in [2.05, 4.69) is 21.1 Å². The molecule has 1 aromatic heterocycles. The van der Waals surface area contributed by atoms with Gasteiger partial charge < -0.3 is 4.52 Å². The predicted octanol–water partition coefficient (Wildman–Crippen LogP) is 3.02. The SMILES string of the molecule is CN1OC(C)(C)CC1S(=O)(=O)Cc1noc2cc(F)c(Br)cc12. The van der Waals surface area contributed by atoms with E-state index in [1.807, 2.05) is 13.8 Å². The van der Waals surface area contributed by atoms with Gasteiger partial charge in [-0.3, -0.25) is 4.84 Å². The van der Waals surface area contributed by atoms with Crippen molar-refractivity contribution in [3.63, 3.8) is 0 Å². The maximum absolute atomic E-state index is 13.5. The zero-order valence-corrected chi connectivity index (χ0v) is 15.2. The molecule has 2 aromatic rings. The number of fused-ring (bicyclic) bond motifs is 1. The fraction of sp³-hybridized carbons (Fsp3) is 0.500. The summed E-state index contributed by atoms with van der Waals surface area (Å²) in [6.45, 7) is 3.68. The zero-order chi connectivity index (χ0) is 17.0. The maximum atomic E-state index is 13.5. The molecule has 0 aliphatic carbocycles. The van der Waals surface area contributed by atoms with Crippen molar-refractivity contribution in [3.05, 3.63) is 28.1 Å². The Balaban J connectivity index is 1.94. The molecule has 1 saturated heterocycles. The van der Waals surface area contributed by atoms with Crippen molar-refractivity contribution in [1.29, 1.82) is 0 Å². The van der Waals surface area contributed by atoms with Crippen LogP contribution < -0.4 is 0 Å². The van der Waals surface area contributed by atoms with Gasteiger partial charge in [0.25, 0.3) is 0 Å². The summed E-state index contributed by atoms with van der Waals surface area (Å²) in [7, 11) is -1.95. The van der Waals surface area contributed by atoms with E-state index >= 15 is 0 Å². The molecule has 0 amide bonds. The maximum Gasteiger partial charge on any atom is 0.174 e. The van der Waals surface area contributed by atoms with Crippen LogP contribution >= 0.6 is 15.9 Å². The first kappa shape index (κ1) is 16.8. The summed E-state index contributed by atoms with van der Waals surface area (Å²) in [5.74, 6) is -0.791. The predicted molar refractivity (Wildman–Crippen MR) is 85.6 cm³/mol. The lowest BCUT2D eigenvalue weighted by Crippen LogP contribution is -2.33. The Bertz CT molecular complexity index is 865. The van der Waals surface area contributed by atoms with Crippen LogP contribution in [0.3, 0.4) is 0 Å². The number of halogens is 2. The zero-order valence-electron chi connectivity index (χ0n) is 12.8. The summed E-state index contributed by atoms with van der Waals surface area (Å²) in [6, 6.07) is 2.65. The molecule has 1 fully saturated rings. The third-order valence-corrected chi connectivity index (χ3v) is 6.38. The van der Waals surface area contributed by atoms with Gasteiger partial charge >= 0.3 is 0 Å². The molecule has 0 radical (unpaired) electrons. The molecule has 126 valence electrons. The van der Waals surface area contributed by atoms with Crippen LogP contribution in [-0.2, 0) is 20.4 Å². The number of hydrogen-bond donors (Lipinski definition) is 0. The lowest BCUT2D eigenvalue weighted by atomic mass is 10.1. The molecule has 2 heterocycles. The topological polar surface area (TPSA) is 72.6 Å². The minimum atomic E-state index is -3.55. The normalized spacial score (nSPS) is 22.0. The van der Waals surface area contributed by atoms with Gasteiger partial charge in [0.15, 0.2) is 15.4 Å². The van der Waals surface area contributed by atoms with Gasteiger partial charge in [0, 0.05) is 24.9 Å². The van der Waals surface area contributed by atoms with Crippen LogP contribution in [0.25, 0.3) is 11.0 Å². The van der Waals surface area contributed by atoms with Crippen LogP contribution in [0.15, 0.2) is 21.1 Å². The second-order valence-electron chi connectivity index (χ2n) is 6.25. The Morgan fingerprint density at radius 1 is 1.48 bits per heavy atom. The lowest BCUT2D eigenvalue weighted by Gasteiger charge is -2.18. The first-order valence-corrected chi connectivity index (χ1v) is 9.47. The number of nitrogens with zero attached hydrogens (tertiary/aromatic N) is 2. The Hall–Kier alpha value is -1.03. The van der Waals surface area contributed by atoms with E-state index in [4.69, 9.17) is 9.36 Å². The van der Waals surface area contributed by atoms with Crippen LogP contribution in [0.1, 0.15) is 26.0 Å². The average molecular weight is 407 g/mol. The number of rotatable bonds is 3. The molecule has 3 rings (SSSR count). The molecule has 1 aromatic carbocycles. The van der Waals surface area contributed by atoms with Crippen LogP contribution in [-0.4, -0.2) is 36.7 Å². The van der Waals surface area contributed by atoms with E-state index in [0.717, 1.165) is 0 Å². The molecular formula is C14H16BrFN2O4S. The van der Waals surface area contributed by atoms with Gasteiger partial charge in [-0.1, -0.05) is 5.16 Å². The standard InChI is InChI=1S/C14H16BrFN2O4S/c1-14(2)6-13(18(3)22-14)23(19,20)7-11-8-4-9(15)10(16)5-12(8)21-17-11/h4-5,13H,6-7H2,1-3H3. The Morgan fingerprint density at radius 3 is 2.78 bits per heavy atom. The van der Waals surface area contributed by atoms with Crippen LogP contribution in [0.4, 0.5) is 4.39 Å². The van der Waals surface area contributed by atoms with E-state index in [1.165, 1.54) is 17.2 Å². The van der Waals surface area contributed by atoms with Gasteiger partial charge in [0.05, 0.1) is 15.8 Å². The molecule has 0 N–H and O–H groups in total. The first-order chi connectivity index (χ1) is 10.6. The molecular weight excluding hydrogens is 391 g/mol. The molecule has 6 nitrogen and oxygen atoms in total. The summed E-state index contributed by atoms with van der Waals surface area (Å²) in [5, 5.41) is 4.88. The summed E-state index contributed by atoms with van der Waals surface area (Å²) in [6.07, 6.45) is 0.361. The van der Waals surface area contributed by atoms with Gasteiger partial charge in [-0.05, 0) is 35.8 Å². The van der Waals surface area contributed by atoms with Crippen LogP contribution in [0.2, 0.25) is 0 Å². The molecule has 23 heavy (non-hydrogen) atoms. The van der Waals surface area contributed by atoms with Gasteiger partial charge in [0.1, 0.15) is 16.9 Å². The van der Waals surface area contributed by atoms with Crippen molar-refractivity contribution in [1.82, 2.24) is 10.2 Å². The number of hydroxylamine groups is 2. The fourth-order valence-corrected chi connectivity index (χ4v) is 5.04. The minimum Gasteiger partial charge on any atom is -0.356 e. The van der Waals surface area contributed by atoms with Gasteiger partial charge in [0.2, 0.25) is 0 Å². The average Bonchev–Trinajstić information content (AvgIpc) is 2.91. The highest BCUT2D eigenvalue weighted by molar-refractivity contribution is 9.10. The van der Waals surface area contributed by atoms with E-state index < -0.39 is 26.6 Å². The molecule has 0 saturated carbocycles. The van der Waals surface area contributed by atoms with Crippen molar-refractivity contribution in [2.75, 3.05) is 7.05 Å². The lowest BCUT2D eigenvalue weighted by molar-refractivity contribution is -0.168. The molecule has 1 aliphatic rings. The summed E-state index contributed by atoms with van der Waals surface area (Å²) in [4.78, 5) is 5.54. The minimum absolute atomic E-state index is 0.215. The highest BCUT2D eigenvalue weighted by Crippen LogP contribution is 2.34. The molecule has 1 unspecified atom stereocenters. The van der Waals surface area contributed by atoms with Crippen molar-refractivity contribution in [2.45, 2.75) is 37.0 Å². The van der Waals surface area contributed by atoms with E-state index in [0.29, 0.717) is 11.8 Å². The Morgan fingerprint density at radius 2 is 2.17 bits per heavy atom. The second-order valence-corrected chi connectivity index (χ2v) is 9.27. The smallest absolute Gasteiger partial charge is 0.174 e. The molecule has 0 bridgehead atoms. The molecule has 1 atom stereocenters. The summed E-state index contributed by atoms with van der Waals surface area (Å²) < 4.78 is 44.2. The van der Waals surface area contributed by atoms with Crippen molar-refractivity contribution >= 4 is 36.7 Å². The van der Waals surface area contributed by atoms with Gasteiger partial charge in [-0.15, -0.1) is 0 Å². The molecule has 9 heteroatoms. The second kappa shape index (κ2) is 5.51. The Labute approximate surface area is 141 Å². The first-order valence-electron chi connectivity index (χ1n) is 6.96. The van der Waals surface area contributed by atoms with Crippen LogP contribution in [0, 0.1) is 5.82 Å². The van der Waals surface area contributed by atoms with Crippen LogP contribution in [0.5, 0.6) is 0 Å². The largest absolute Gasteiger partial charge is 0.356 e. The number of benzene rings is 1. The van der Waals surface area contributed by atoms with Crippen molar-refractivity contribution in [2.24, 2.45) is 0 Å². The highest BCUT2D eigenvalue weighted by Gasteiger charge is 2.44. The molecule has 0 spiro atoms. The van der Waals surface area contributed by atoms with E-state index in [9.17, 15) is 12.8 Å². The number of aromatic nitrogens is 1. The van der Waals surface area contributed by atoms with E-state index in [1.54, 1.807) is 7.05 Å². The fourth-order valence-electron chi connectivity index (χ4n) is 2.76. The third kappa shape index (κ3) is 3.15.